The lowest BCUT2D eigenvalue weighted by molar-refractivity contribution is -0.137. The van der Waals surface area contributed by atoms with Crippen LogP contribution < -0.4 is 25.9 Å². The molecule has 1 aliphatic heterocycles. The lowest BCUT2D eigenvalue weighted by Crippen LogP contribution is -2.49. The minimum Gasteiger partial charge on any atom is -0.481 e. The highest BCUT2D eigenvalue weighted by atomic mass is 16.5. The molecule has 386 valence electrons. The molecule has 3 atom stereocenters. The maximum Gasteiger partial charge on any atom is 0.303 e. The molecule has 1 aromatic heterocycles. The van der Waals surface area contributed by atoms with Crippen molar-refractivity contribution in [1.82, 2.24) is 26.1 Å². The minimum absolute atomic E-state index is 0.0735. The van der Waals surface area contributed by atoms with Crippen LogP contribution in [0.5, 0.6) is 0 Å². The average molecular weight is 974 g/mol. The summed E-state index contributed by atoms with van der Waals surface area (Å²) in [5.41, 5.74) is 13.1. The first-order valence-corrected chi connectivity index (χ1v) is 25.3. The first-order chi connectivity index (χ1) is 34.0. The quantitative estimate of drug-likeness (QED) is 0.0256. The lowest BCUT2D eigenvalue weighted by atomic mass is 9.85. The third kappa shape index (κ3) is 18.4. The van der Waals surface area contributed by atoms with E-state index in [2.05, 4.69) is 133 Å². The number of carbonyl (C=O) groups is 3. The number of hydrogen-bond donors (Lipinski definition) is 4. The Bertz CT molecular complexity index is 2290. The molecule has 0 saturated carbocycles. The highest BCUT2D eigenvalue weighted by Gasteiger charge is 2.27. The normalized spacial score (nSPS) is 14.5. The number of rotatable bonds is 27. The van der Waals surface area contributed by atoms with E-state index in [1.165, 1.54) is 19.4 Å². The summed E-state index contributed by atoms with van der Waals surface area (Å²) in [5, 5.41) is 17.9. The Morgan fingerprint density at radius 3 is 2.28 bits per heavy atom. The summed E-state index contributed by atoms with van der Waals surface area (Å²) in [5.74, 6) is -0.762. The van der Waals surface area contributed by atoms with Crippen molar-refractivity contribution >= 4 is 35.4 Å². The number of pyridine rings is 1. The highest BCUT2D eigenvalue weighted by molar-refractivity contribution is 5.84. The number of ether oxygens (including phenoxy) is 2. The summed E-state index contributed by atoms with van der Waals surface area (Å²) in [6, 6.07) is 28.9. The Labute approximate surface area is 425 Å². The van der Waals surface area contributed by atoms with Crippen molar-refractivity contribution in [2.45, 2.75) is 118 Å². The van der Waals surface area contributed by atoms with Crippen LogP contribution in [0.1, 0.15) is 115 Å². The third-order valence-electron chi connectivity index (χ3n) is 12.9. The maximum absolute atomic E-state index is 13.4. The van der Waals surface area contributed by atoms with Crippen LogP contribution in [-0.2, 0) is 36.8 Å². The van der Waals surface area contributed by atoms with Crippen molar-refractivity contribution in [3.8, 4) is 11.1 Å². The summed E-state index contributed by atoms with van der Waals surface area (Å²) in [4.78, 5) is 45.5. The summed E-state index contributed by atoms with van der Waals surface area (Å²) in [6.07, 6.45) is 8.63. The molecule has 4 N–H and O–H groups in total. The molecule has 5 rings (SSSR count). The molecular weight excluding hydrogens is 891 g/mol. The number of amides is 1. The molecule has 1 aliphatic rings. The van der Waals surface area contributed by atoms with Crippen LogP contribution in [0.4, 0.5) is 11.4 Å². The van der Waals surface area contributed by atoms with Gasteiger partial charge in [-0.2, -0.15) is 0 Å². The fourth-order valence-electron chi connectivity index (χ4n) is 9.21. The van der Waals surface area contributed by atoms with Gasteiger partial charge in [0.15, 0.2) is 0 Å². The molecule has 0 aliphatic carbocycles. The molecule has 1 amide bonds. The first kappa shape index (κ1) is 57.7. The maximum atomic E-state index is 13.4. The predicted octanol–water partition coefficient (Wildman–Crippen LogP) is 10.2. The number of methoxy groups -OCH3 is 1. The molecule has 3 unspecified atom stereocenters. The third-order valence-corrected chi connectivity index (χ3v) is 12.9. The van der Waals surface area contributed by atoms with Gasteiger partial charge in [-0.25, -0.2) is 5.01 Å². The van der Waals surface area contributed by atoms with E-state index in [0.717, 1.165) is 62.7 Å². The summed E-state index contributed by atoms with van der Waals surface area (Å²) >= 11 is 0. The van der Waals surface area contributed by atoms with Crippen molar-refractivity contribution in [3.63, 3.8) is 0 Å². The average Bonchev–Trinajstić information content (AvgIpc) is 3.36. The van der Waals surface area contributed by atoms with Crippen molar-refractivity contribution in [1.29, 1.82) is 0 Å². The number of nitrogens with zero attached hydrogens (tertiary/aromatic N) is 4. The number of aliphatic carboxylic acids is 1. The van der Waals surface area contributed by atoms with Crippen LogP contribution in [0.3, 0.4) is 0 Å². The standard InChI is InChI=1S/C53H71N5O6.C5H12N2/c1-11-44(56-52(62)49(54-9)37(3)4)30-41-29-43(32-46(31-41)57(28-17-16-22-48(60)61)34-40-19-14-13-15-20-40)42-23-25-45(26-24-42)58(12-2)51(38(5)33-53(7,8)35-64-36-59)47-21-18-27-55-50(47)39(6)63-10;1-7-5-3-2-4-6-7/h11,13-15,18-21,23-27,29,31-32,36-37,39,44,49,54H,1,12,16-17,22,28,30,33-35H2,2-10H3,(H,56,62)(H,60,61);6H,2-5H2,1H3/b51-38+;. The van der Waals surface area contributed by atoms with Crippen molar-refractivity contribution in [2.24, 2.45) is 11.3 Å². The van der Waals surface area contributed by atoms with Gasteiger partial charge in [0.1, 0.15) is 0 Å². The van der Waals surface area contributed by atoms with Gasteiger partial charge in [-0.3, -0.25) is 24.8 Å². The Morgan fingerprint density at radius 2 is 1.70 bits per heavy atom. The molecule has 71 heavy (non-hydrogen) atoms. The molecule has 0 bridgehead atoms. The molecular formula is C58H83N7O6. The number of nitrogens with one attached hydrogen (secondary N) is 3. The molecule has 0 spiro atoms. The number of likely N-dealkylation sites (N-methyl/N-ethyl adjacent to an activating group) is 1. The molecule has 13 heteroatoms. The van der Waals surface area contributed by atoms with Crippen molar-refractivity contribution in [2.75, 3.05) is 63.8 Å². The van der Waals surface area contributed by atoms with Gasteiger partial charge in [-0.1, -0.05) is 82.3 Å². The van der Waals surface area contributed by atoms with Gasteiger partial charge in [0.25, 0.3) is 6.47 Å². The van der Waals surface area contributed by atoms with E-state index in [1.807, 2.05) is 45.0 Å². The summed E-state index contributed by atoms with van der Waals surface area (Å²) in [7, 11) is 5.57. The van der Waals surface area contributed by atoms with Gasteiger partial charge < -0.3 is 35.0 Å². The van der Waals surface area contributed by atoms with E-state index >= 15 is 0 Å². The van der Waals surface area contributed by atoms with E-state index in [-0.39, 0.29) is 48.5 Å². The fourth-order valence-corrected chi connectivity index (χ4v) is 9.21. The van der Waals surface area contributed by atoms with Crippen LogP contribution in [0.15, 0.2) is 109 Å². The number of anilines is 2. The molecule has 1 fully saturated rings. The van der Waals surface area contributed by atoms with Crippen molar-refractivity contribution < 1.29 is 29.0 Å². The molecule has 0 radical (unpaired) electrons. The number of aromatic nitrogens is 1. The van der Waals surface area contributed by atoms with E-state index < -0.39 is 5.97 Å². The van der Waals surface area contributed by atoms with Gasteiger partial charge in [-0.05, 0) is 136 Å². The van der Waals surface area contributed by atoms with Crippen molar-refractivity contribution in [3.05, 3.63) is 132 Å². The van der Waals surface area contributed by atoms with Gasteiger partial charge in [0.2, 0.25) is 5.91 Å². The Kier molecular flexibility index (Phi) is 24.0. The number of unbranched alkanes of at least 4 members (excludes halogenated alkanes) is 1. The fraction of sp³-hybridized carbons (Fsp3) is 0.483. The number of hydrogen-bond acceptors (Lipinski definition) is 11. The van der Waals surface area contributed by atoms with Gasteiger partial charge in [0.05, 0.1) is 30.5 Å². The summed E-state index contributed by atoms with van der Waals surface area (Å²) in [6.45, 7) is 23.8. The number of allylic oxidation sites excluding steroid dienone is 1. The van der Waals surface area contributed by atoms with Crippen LogP contribution in [0.2, 0.25) is 0 Å². The summed E-state index contributed by atoms with van der Waals surface area (Å²) < 4.78 is 11.1. The lowest BCUT2D eigenvalue weighted by Gasteiger charge is -2.33. The first-order valence-electron chi connectivity index (χ1n) is 25.3. The van der Waals surface area contributed by atoms with E-state index in [4.69, 9.17) is 14.5 Å². The molecule has 4 aromatic rings. The highest BCUT2D eigenvalue weighted by Crippen LogP contribution is 2.38. The zero-order valence-electron chi connectivity index (χ0n) is 44.3. The number of carboxylic acid groups (broad SMARTS) is 1. The Hall–Kier alpha value is -5.86. The monoisotopic (exact) mass is 974 g/mol. The zero-order valence-corrected chi connectivity index (χ0v) is 44.3. The SMILES string of the molecule is C=CC(Cc1cc(-c2ccc(N(CC)/C(=C(\C)CC(C)(C)COC=O)c3cccnc3C(C)OC)cc2)cc(N(CCCCC(=O)O)Cc2ccccc2)c1)NC(=O)C(NC)C(C)C.CN1CCCCN1. The predicted molar refractivity (Wildman–Crippen MR) is 290 cm³/mol. The van der Waals surface area contributed by atoms with Crippen LogP contribution in [-0.4, -0.2) is 99.5 Å². The van der Waals surface area contributed by atoms with Crippen LogP contribution in [0.25, 0.3) is 16.8 Å². The second-order valence-corrected chi connectivity index (χ2v) is 19.7. The van der Waals surface area contributed by atoms with E-state index in [1.54, 1.807) is 26.4 Å². The van der Waals surface area contributed by atoms with E-state index in [9.17, 15) is 19.5 Å². The van der Waals surface area contributed by atoms with Gasteiger partial charge in [0, 0.05) is 87.5 Å². The number of hydrazine groups is 1. The molecule has 2 heterocycles. The Balaban J connectivity index is 0.00000143. The molecule has 1 saturated heterocycles. The minimum atomic E-state index is -0.796. The number of benzene rings is 3. The second-order valence-electron chi connectivity index (χ2n) is 19.7. The number of carboxylic acids is 1. The van der Waals surface area contributed by atoms with Gasteiger partial charge >= 0.3 is 5.97 Å². The molecule has 3 aromatic carbocycles. The Morgan fingerprint density at radius 1 is 0.972 bits per heavy atom. The van der Waals surface area contributed by atoms with Crippen LogP contribution in [0, 0.1) is 11.3 Å². The smallest absolute Gasteiger partial charge is 0.303 e. The number of carbonyl (C=O) groups excluding carboxylic acids is 2. The van der Waals surface area contributed by atoms with Gasteiger partial charge in [-0.15, -0.1) is 6.58 Å². The largest absolute Gasteiger partial charge is 0.481 e. The second kappa shape index (κ2) is 29.5. The topological polar surface area (TPSA) is 149 Å². The van der Waals surface area contributed by atoms with E-state index in [0.29, 0.717) is 51.8 Å². The zero-order chi connectivity index (χ0) is 51.9. The molecule has 13 nitrogen and oxygen atoms in total. The van der Waals surface area contributed by atoms with Crippen LogP contribution >= 0.6 is 0 Å².